The van der Waals surface area contributed by atoms with Crippen molar-refractivity contribution in [3.63, 3.8) is 0 Å². The molecule has 35 heavy (non-hydrogen) atoms. The Labute approximate surface area is 207 Å². The number of carbonyl (C=O) groups is 1. The summed E-state index contributed by atoms with van der Waals surface area (Å²) in [7, 11) is 1.59. The minimum absolute atomic E-state index is 0.119. The predicted molar refractivity (Wildman–Crippen MR) is 135 cm³/mol. The Morgan fingerprint density at radius 3 is 2.66 bits per heavy atom. The normalized spacial score (nSPS) is 10.6. The summed E-state index contributed by atoms with van der Waals surface area (Å²) in [6, 6.07) is 18.9. The molecule has 2 heterocycles. The third kappa shape index (κ3) is 7.21. The van der Waals surface area contributed by atoms with Gasteiger partial charge < -0.3 is 19.1 Å². The molecule has 2 aromatic heterocycles. The molecule has 182 valence electrons. The highest BCUT2D eigenvalue weighted by molar-refractivity contribution is 7.99. The summed E-state index contributed by atoms with van der Waals surface area (Å²) in [5.41, 5.74) is 2.56. The Morgan fingerprint density at radius 2 is 1.91 bits per heavy atom. The first-order valence-electron chi connectivity index (χ1n) is 10.9. The molecule has 10 heteroatoms. The van der Waals surface area contributed by atoms with Gasteiger partial charge in [0.2, 0.25) is 5.16 Å². The number of carboxylic acids is 1. The van der Waals surface area contributed by atoms with Crippen LogP contribution in [0.2, 0.25) is 0 Å². The maximum Gasteiger partial charge on any atom is 0.313 e. The van der Waals surface area contributed by atoms with Crippen LogP contribution in [0.5, 0.6) is 5.75 Å². The Balaban J connectivity index is 0.00000167. The molecule has 0 bridgehead atoms. The Morgan fingerprint density at radius 1 is 1.14 bits per heavy atom. The number of rotatable bonds is 10. The van der Waals surface area contributed by atoms with Crippen molar-refractivity contribution in [2.45, 2.75) is 25.6 Å². The van der Waals surface area contributed by atoms with Gasteiger partial charge >= 0.3 is 5.97 Å². The molecule has 0 atom stereocenters. The number of oxime groups is 1. The predicted octanol–water partition coefficient (Wildman–Crippen LogP) is 5.49. The summed E-state index contributed by atoms with van der Waals surface area (Å²) >= 11 is 1.03. The zero-order chi connectivity index (χ0) is 25.0. The van der Waals surface area contributed by atoms with E-state index in [-0.39, 0.29) is 5.75 Å². The molecule has 0 aliphatic heterocycles. The van der Waals surface area contributed by atoms with Gasteiger partial charge in [0.15, 0.2) is 11.6 Å². The fraction of sp³-hybridized carbons (Fsp3) is 0.200. The number of carboxylic acid groups (broad SMARTS) is 1. The van der Waals surface area contributed by atoms with Crippen LogP contribution in [0.25, 0.3) is 22.9 Å². The summed E-state index contributed by atoms with van der Waals surface area (Å²) < 4.78 is 11.4. The van der Waals surface area contributed by atoms with Crippen molar-refractivity contribution in [3.8, 4) is 28.7 Å². The number of ether oxygens (including phenoxy) is 1. The van der Waals surface area contributed by atoms with E-state index in [1.165, 1.54) is 0 Å². The van der Waals surface area contributed by atoms with E-state index in [1.807, 2.05) is 68.4 Å². The fourth-order valence-corrected chi connectivity index (χ4v) is 3.45. The van der Waals surface area contributed by atoms with Crippen LogP contribution >= 0.6 is 11.8 Å². The summed E-state index contributed by atoms with van der Waals surface area (Å²) in [6.45, 7) is 4.37. The monoisotopic (exact) mass is 494 g/mol. The SMILES string of the molecule is CC.COc1ccc(-c2ccc(-c3nc(SCC(=O)O)n[nH]3)o2)cc1/C=N/OCc1ccccc1. The number of H-pyrrole nitrogens is 1. The molecule has 0 amide bonds. The second-order valence-corrected chi connectivity index (χ2v) is 7.71. The van der Waals surface area contributed by atoms with Crippen molar-refractivity contribution in [2.75, 3.05) is 12.9 Å². The zero-order valence-corrected chi connectivity index (χ0v) is 20.4. The Kier molecular flexibility index (Phi) is 9.49. The average Bonchev–Trinajstić information content (AvgIpc) is 3.57. The molecular formula is C25H26N4O5S. The van der Waals surface area contributed by atoms with Crippen LogP contribution in [0.4, 0.5) is 0 Å². The molecule has 0 fully saturated rings. The zero-order valence-electron chi connectivity index (χ0n) is 19.6. The van der Waals surface area contributed by atoms with Gasteiger partial charge in [-0.3, -0.25) is 9.89 Å². The first-order chi connectivity index (χ1) is 17.1. The number of thioether (sulfide) groups is 1. The summed E-state index contributed by atoms with van der Waals surface area (Å²) in [4.78, 5) is 20.4. The maximum absolute atomic E-state index is 10.7. The van der Waals surface area contributed by atoms with Gasteiger partial charge in [0.05, 0.1) is 19.1 Å². The molecular weight excluding hydrogens is 468 g/mol. The van der Waals surface area contributed by atoms with Crippen molar-refractivity contribution >= 4 is 23.9 Å². The highest BCUT2D eigenvalue weighted by Gasteiger charge is 2.13. The van der Waals surface area contributed by atoms with Gasteiger partial charge in [0.25, 0.3) is 0 Å². The molecule has 9 nitrogen and oxygen atoms in total. The lowest BCUT2D eigenvalue weighted by atomic mass is 10.1. The van der Waals surface area contributed by atoms with Crippen LogP contribution < -0.4 is 4.74 Å². The van der Waals surface area contributed by atoms with E-state index < -0.39 is 5.97 Å². The number of aromatic nitrogens is 3. The Hall–Kier alpha value is -4.05. The van der Waals surface area contributed by atoms with Crippen molar-refractivity contribution in [3.05, 3.63) is 71.8 Å². The Bertz CT molecular complexity index is 1250. The topological polar surface area (TPSA) is 123 Å². The molecule has 2 aromatic carbocycles. The van der Waals surface area contributed by atoms with Crippen LogP contribution in [-0.2, 0) is 16.2 Å². The van der Waals surface area contributed by atoms with Crippen molar-refractivity contribution in [1.29, 1.82) is 0 Å². The van der Waals surface area contributed by atoms with Crippen LogP contribution in [0.15, 0.2) is 75.4 Å². The molecule has 0 spiro atoms. The van der Waals surface area contributed by atoms with Crippen LogP contribution in [0.1, 0.15) is 25.0 Å². The van der Waals surface area contributed by atoms with Crippen molar-refractivity contribution < 1.29 is 23.9 Å². The van der Waals surface area contributed by atoms with Crippen LogP contribution in [0.3, 0.4) is 0 Å². The summed E-state index contributed by atoms with van der Waals surface area (Å²) in [5.74, 6) is 1.11. The maximum atomic E-state index is 10.7. The van der Waals surface area contributed by atoms with E-state index >= 15 is 0 Å². The number of aliphatic carboxylic acids is 1. The van der Waals surface area contributed by atoms with E-state index in [4.69, 9.17) is 19.1 Å². The summed E-state index contributed by atoms with van der Waals surface area (Å²) in [5, 5.41) is 19.9. The van der Waals surface area contributed by atoms with Gasteiger partial charge in [-0.05, 0) is 35.9 Å². The third-order valence-corrected chi connectivity index (χ3v) is 5.32. The first-order valence-corrected chi connectivity index (χ1v) is 11.9. The smallest absolute Gasteiger partial charge is 0.313 e. The molecule has 4 aromatic rings. The molecule has 0 radical (unpaired) electrons. The number of furan rings is 1. The number of aromatic amines is 1. The molecule has 0 aliphatic rings. The average molecular weight is 495 g/mol. The highest BCUT2D eigenvalue weighted by atomic mass is 32.2. The molecule has 0 saturated heterocycles. The third-order valence-electron chi connectivity index (χ3n) is 4.48. The molecule has 0 aliphatic carbocycles. The number of hydrogen-bond acceptors (Lipinski definition) is 8. The van der Waals surface area contributed by atoms with Gasteiger partial charge in [0.1, 0.15) is 18.1 Å². The first kappa shape index (κ1) is 25.6. The largest absolute Gasteiger partial charge is 0.496 e. The summed E-state index contributed by atoms with van der Waals surface area (Å²) in [6.07, 6.45) is 1.59. The molecule has 4 rings (SSSR count). The lowest BCUT2D eigenvalue weighted by Crippen LogP contribution is -1.97. The van der Waals surface area contributed by atoms with Gasteiger partial charge in [-0.25, -0.2) is 0 Å². The molecule has 0 unspecified atom stereocenters. The van der Waals surface area contributed by atoms with Crippen molar-refractivity contribution in [2.24, 2.45) is 5.16 Å². The molecule has 2 N–H and O–H groups in total. The second-order valence-electron chi connectivity index (χ2n) is 6.76. The second kappa shape index (κ2) is 13.0. The van der Waals surface area contributed by atoms with E-state index in [2.05, 4.69) is 20.3 Å². The number of hydrogen-bond donors (Lipinski definition) is 2. The van der Waals surface area contributed by atoms with Crippen molar-refractivity contribution in [1.82, 2.24) is 15.2 Å². The highest BCUT2D eigenvalue weighted by Crippen LogP contribution is 2.30. The number of benzene rings is 2. The lowest BCUT2D eigenvalue weighted by Gasteiger charge is -2.06. The quantitative estimate of drug-likeness (QED) is 0.168. The van der Waals surface area contributed by atoms with Gasteiger partial charge in [0, 0.05) is 11.1 Å². The van der Waals surface area contributed by atoms with E-state index in [0.717, 1.165) is 28.5 Å². The fourth-order valence-electron chi connectivity index (χ4n) is 2.94. The van der Waals surface area contributed by atoms with Gasteiger partial charge in [-0.1, -0.05) is 61.1 Å². The number of nitrogens with zero attached hydrogens (tertiary/aromatic N) is 3. The van der Waals surface area contributed by atoms with Gasteiger partial charge in [-0.2, -0.15) is 4.98 Å². The lowest BCUT2D eigenvalue weighted by molar-refractivity contribution is -0.133. The van der Waals surface area contributed by atoms with E-state index in [9.17, 15) is 4.79 Å². The minimum atomic E-state index is -0.934. The minimum Gasteiger partial charge on any atom is -0.496 e. The number of methoxy groups -OCH3 is 1. The van der Waals surface area contributed by atoms with E-state index in [1.54, 1.807) is 19.4 Å². The van der Waals surface area contributed by atoms with Gasteiger partial charge in [-0.15, -0.1) is 5.10 Å². The van der Waals surface area contributed by atoms with E-state index in [0.29, 0.717) is 34.9 Å². The molecule has 0 saturated carbocycles. The number of nitrogens with one attached hydrogen (secondary N) is 1. The van der Waals surface area contributed by atoms with Crippen LogP contribution in [0, 0.1) is 0 Å². The van der Waals surface area contributed by atoms with Crippen LogP contribution in [-0.4, -0.2) is 45.3 Å². The standard InChI is InChI=1S/C23H20N4O5S.C2H6/c1-30-18-8-7-16(11-17(18)12-24-31-13-15-5-3-2-4-6-15)19-9-10-20(32-19)22-25-23(27-26-22)33-14-21(28)29;1-2/h2-12H,13-14H2,1H3,(H,28,29)(H,25,26,27);1-2H3/b24-12+;.